The molecule has 2 aliphatic rings. The summed E-state index contributed by atoms with van der Waals surface area (Å²) in [5, 5.41) is 7.83. The topological polar surface area (TPSA) is 29.9 Å². The first-order chi connectivity index (χ1) is 7.80. The van der Waals surface area contributed by atoms with E-state index in [4.69, 9.17) is 0 Å². The smallest absolute Gasteiger partial charge is 0.0971 e. The summed E-state index contributed by atoms with van der Waals surface area (Å²) >= 11 is 0. The van der Waals surface area contributed by atoms with Gasteiger partial charge in [0, 0.05) is 11.6 Å². The summed E-state index contributed by atoms with van der Waals surface area (Å²) in [6.07, 6.45) is 4.87. The Labute approximate surface area is 95.0 Å². The number of halogens is 1. The molecule has 0 amide bonds. The third kappa shape index (κ3) is 1.32. The summed E-state index contributed by atoms with van der Waals surface area (Å²) in [5.74, 6) is 0. The van der Waals surface area contributed by atoms with Crippen LogP contribution in [-0.2, 0) is 0 Å². The Morgan fingerprint density at radius 2 is 2.44 bits per heavy atom. The molecule has 3 nitrogen and oxygen atoms in total. The maximum Gasteiger partial charge on any atom is 0.0971 e. The maximum atomic E-state index is 13.1. The number of hydrogen-bond acceptors (Lipinski definition) is 2. The van der Waals surface area contributed by atoms with Crippen LogP contribution in [0.25, 0.3) is 0 Å². The van der Waals surface area contributed by atoms with E-state index in [2.05, 4.69) is 28.1 Å². The van der Waals surface area contributed by atoms with Gasteiger partial charge >= 0.3 is 0 Å². The van der Waals surface area contributed by atoms with Crippen LogP contribution in [0.1, 0.15) is 44.0 Å². The highest BCUT2D eigenvalue weighted by atomic mass is 19.1. The Balaban J connectivity index is 1.89. The normalized spacial score (nSPS) is 30.4. The molecular formula is C12H18FN3. The Morgan fingerprint density at radius 1 is 1.62 bits per heavy atom. The van der Waals surface area contributed by atoms with Crippen LogP contribution in [-0.4, -0.2) is 23.0 Å². The second-order valence-electron chi connectivity index (χ2n) is 5.06. The molecule has 1 N–H and O–H groups in total. The first-order valence-corrected chi connectivity index (χ1v) is 6.13. The molecule has 0 radical (unpaired) electrons. The van der Waals surface area contributed by atoms with Crippen molar-refractivity contribution in [2.75, 3.05) is 13.2 Å². The summed E-state index contributed by atoms with van der Waals surface area (Å²) in [4.78, 5) is 0. The number of hydrogen-bond donors (Lipinski definition) is 1. The second kappa shape index (κ2) is 3.55. The molecule has 88 valence electrons. The fraction of sp³-hybridized carbons (Fsp3) is 0.750. The number of rotatable bonds is 4. The van der Waals surface area contributed by atoms with Crippen LogP contribution in [0.5, 0.6) is 0 Å². The van der Waals surface area contributed by atoms with Crippen molar-refractivity contribution in [1.29, 1.82) is 0 Å². The zero-order chi connectivity index (χ0) is 11.2. The molecule has 1 aliphatic heterocycles. The molecule has 1 aliphatic carbocycles. The van der Waals surface area contributed by atoms with E-state index in [9.17, 15) is 4.39 Å². The van der Waals surface area contributed by atoms with Gasteiger partial charge in [-0.25, -0.2) is 0 Å². The average molecular weight is 223 g/mol. The summed E-state index contributed by atoms with van der Waals surface area (Å²) in [6.45, 7) is 2.86. The van der Waals surface area contributed by atoms with Crippen LogP contribution in [0.4, 0.5) is 4.39 Å². The molecule has 2 atom stereocenters. The van der Waals surface area contributed by atoms with Gasteiger partial charge in [-0.1, -0.05) is 6.92 Å². The van der Waals surface area contributed by atoms with E-state index in [0.717, 1.165) is 25.8 Å². The van der Waals surface area contributed by atoms with Crippen molar-refractivity contribution in [3.63, 3.8) is 0 Å². The van der Waals surface area contributed by atoms with E-state index in [1.165, 1.54) is 5.69 Å². The van der Waals surface area contributed by atoms with E-state index < -0.39 is 0 Å². The van der Waals surface area contributed by atoms with Gasteiger partial charge < -0.3 is 5.32 Å². The molecule has 0 saturated heterocycles. The predicted octanol–water partition coefficient (Wildman–Crippen LogP) is 2.23. The van der Waals surface area contributed by atoms with Crippen molar-refractivity contribution in [2.45, 2.75) is 38.3 Å². The first kappa shape index (κ1) is 10.3. The molecule has 3 rings (SSSR count). The van der Waals surface area contributed by atoms with E-state index in [0.29, 0.717) is 6.04 Å². The number of alkyl halides is 1. The molecule has 2 heterocycles. The fourth-order valence-corrected chi connectivity index (χ4v) is 2.96. The summed E-state index contributed by atoms with van der Waals surface area (Å²) < 4.78 is 15.2. The first-order valence-electron chi connectivity index (χ1n) is 6.13. The Bertz CT molecular complexity index is 383. The minimum Gasteiger partial charge on any atom is -0.309 e. The van der Waals surface area contributed by atoms with E-state index >= 15 is 0 Å². The van der Waals surface area contributed by atoms with Crippen molar-refractivity contribution in [3.05, 3.63) is 18.0 Å². The lowest BCUT2D eigenvalue weighted by Gasteiger charge is -2.21. The van der Waals surface area contributed by atoms with Crippen LogP contribution in [0.3, 0.4) is 0 Å². The molecule has 0 spiro atoms. The van der Waals surface area contributed by atoms with Gasteiger partial charge in [0.05, 0.1) is 24.5 Å². The molecule has 1 aromatic heterocycles. The highest BCUT2D eigenvalue weighted by molar-refractivity contribution is 5.18. The van der Waals surface area contributed by atoms with Gasteiger partial charge in [0.2, 0.25) is 0 Å². The lowest BCUT2D eigenvalue weighted by molar-refractivity contribution is 0.224. The van der Waals surface area contributed by atoms with Crippen LogP contribution >= 0.6 is 0 Å². The highest BCUT2D eigenvalue weighted by Crippen LogP contribution is 2.59. The average Bonchev–Trinajstić information content (AvgIpc) is 2.80. The lowest BCUT2D eigenvalue weighted by atomic mass is 9.94. The lowest BCUT2D eigenvalue weighted by Crippen LogP contribution is -2.21. The second-order valence-corrected chi connectivity index (χ2v) is 5.06. The summed E-state index contributed by atoms with van der Waals surface area (Å²) in [5.41, 5.74) is 1.14. The molecule has 0 aromatic carbocycles. The SMILES string of the molecule is CCN[C@@H]1C[C@H](C2(CF)CC2)n2nccc21. The fourth-order valence-electron chi connectivity index (χ4n) is 2.96. The van der Waals surface area contributed by atoms with Gasteiger partial charge in [-0.15, -0.1) is 0 Å². The van der Waals surface area contributed by atoms with Crippen LogP contribution in [0, 0.1) is 5.41 Å². The maximum absolute atomic E-state index is 13.1. The monoisotopic (exact) mass is 223 g/mol. The third-order valence-corrected chi connectivity index (χ3v) is 4.13. The number of nitrogens with one attached hydrogen (secondary N) is 1. The number of aromatic nitrogens is 2. The zero-order valence-corrected chi connectivity index (χ0v) is 9.62. The van der Waals surface area contributed by atoms with Crippen molar-refractivity contribution in [2.24, 2.45) is 5.41 Å². The number of nitrogens with zero attached hydrogens (tertiary/aromatic N) is 2. The van der Waals surface area contributed by atoms with Crippen molar-refractivity contribution >= 4 is 0 Å². The highest BCUT2D eigenvalue weighted by Gasteiger charge is 2.54. The summed E-state index contributed by atoms with van der Waals surface area (Å²) in [6, 6.07) is 2.69. The molecule has 1 aromatic rings. The molecule has 4 heteroatoms. The van der Waals surface area contributed by atoms with E-state index in [1.54, 1.807) is 0 Å². The third-order valence-electron chi connectivity index (χ3n) is 4.13. The van der Waals surface area contributed by atoms with Crippen molar-refractivity contribution in [1.82, 2.24) is 15.1 Å². The van der Waals surface area contributed by atoms with Crippen molar-refractivity contribution < 1.29 is 4.39 Å². The van der Waals surface area contributed by atoms with Gasteiger partial charge in [-0.2, -0.15) is 5.10 Å². The predicted molar refractivity (Wildman–Crippen MR) is 59.9 cm³/mol. The molecule has 0 bridgehead atoms. The van der Waals surface area contributed by atoms with Crippen LogP contribution in [0.15, 0.2) is 12.3 Å². The minimum atomic E-state index is -0.199. The van der Waals surface area contributed by atoms with Gasteiger partial charge in [-0.3, -0.25) is 9.07 Å². The standard InChI is InChI=1S/C12H18FN3/c1-2-14-9-7-11(12(8-13)4-5-12)16-10(9)3-6-15-16/h3,6,9,11,14H,2,4-5,7-8H2,1H3/t9-,11-/m1/s1. The Kier molecular flexibility index (Phi) is 2.28. The Hall–Kier alpha value is -0.900. The Morgan fingerprint density at radius 3 is 3.06 bits per heavy atom. The van der Waals surface area contributed by atoms with Gasteiger partial charge in [0.15, 0.2) is 0 Å². The van der Waals surface area contributed by atoms with Crippen LogP contribution < -0.4 is 5.32 Å². The molecule has 1 saturated carbocycles. The van der Waals surface area contributed by atoms with Gasteiger partial charge in [0.25, 0.3) is 0 Å². The van der Waals surface area contributed by atoms with E-state index in [1.807, 2.05) is 6.20 Å². The van der Waals surface area contributed by atoms with Crippen LogP contribution in [0.2, 0.25) is 0 Å². The molecule has 1 fully saturated rings. The molecule has 0 unspecified atom stereocenters. The van der Waals surface area contributed by atoms with Gasteiger partial charge in [0.1, 0.15) is 0 Å². The molecule has 16 heavy (non-hydrogen) atoms. The van der Waals surface area contributed by atoms with Gasteiger partial charge in [-0.05, 0) is 31.9 Å². The largest absolute Gasteiger partial charge is 0.309 e. The number of fused-ring (bicyclic) bond motifs is 1. The summed E-state index contributed by atoms with van der Waals surface area (Å²) in [7, 11) is 0. The van der Waals surface area contributed by atoms with E-state index in [-0.39, 0.29) is 18.1 Å². The quantitative estimate of drug-likeness (QED) is 0.848. The zero-order valence-electron chi connectivity index (χ0n) is 9.62. The molecular weight excluding hydrogens is 205 g/mol. The van der Waals surface area contributed by atoms with Crippen molar-refractivity contribution in [3.8, 4) is 0 Å². The minimum absolute atomic E-state index is 0.0923.